The van der Waals surface area contributed by atoms with E-state index in [9.17, 15) is 24.8 Å². The molecule has 0 aromatic heterocycles. The number of carbonyl (C=O) groups is 2. The topological polar surface area (TPSA) is 107 Å². The lowest BCUT2D eigenvalue weighted by atomic mass is 9.90. The van der Waals surface area contributed by atoms with Crippen molar-refractivity contribution in [3.05, 3.63) is 111 Å². The molecule has 0 radical (unpaired) electrons. The number of rotatable bonds is 7. The molecular formula is C23H19NO6. The van der Waals surface area contributed by atoms with Crippen LogP contribution in [0, 0.1) is 10.1 Å². The molecule has 0 aliphatic heterocycles. The quantitative estimate of drug-likeness (QED) is 0.337. The molecule has 7 heteroatoms. The molecular weight excluding hydrogens is 386 g/mol. The molecule has 0 aliphatic carbocycles. The van der Waals surface area contributed by atoms with Gasteiger partial charge < -0.3 is 9.84 Å². The number of carboxylic acids is 1. The van der Waals surface area contributed by atoms with Crippen LogP contribution in [0.4, 0.5) is 5.69 Å². The van der Waals surface area contributed by atoms with Crippen LogP contribution in [0.1, 0.15) is 50.8 Å². The van der Waals surface area contributed by atoms with Gasteiger partial charge in [-0.2, -0.15) is 0 Å². The third kappa shape index (κ3) is 4.35. The van der Waals surface area contributed by atoms with E-state index in [1.807, 2.05) is 43.3 Å². The number of nitro benzene ring substituents is 1. The Balaban J connectivity index is 2.05. The monoisotopic (exact) mass is 405 g/mol. The van der Waals surface area contributed by atoms with Crippen LogP contribution < -0.4 is 0 Å². The Morgan fingerprint density at radius 2 is 1.47 bits per heavy atom. The minimum absolute atomic E-state index is 0.284. The first-order valence-electron chi connectivity index (χ1n) is 9.21. The number of hydrogen-bond acceptors (Lipinski definition) is 5. The van der Waals surface area contributed by atoms with Crippen LogP contribution in [-0.4, -0.2) is 22.0 Å². The number of benzene rings is 3. The van der Waals surface area contributed by atoms with Gasteiger partial charge in [0.2, 0.25) is 0 Å². The van der Waals surface area contributed by atoms with Crippen molar-refractivity contribution in [2.75, 3.05) is 0 Å². The number of esters is 1. The average molecular weight is 405 g/mol. The van der Waals surface area contributed by atoms with E-state index in [0.717, 1.165) is 17.7 Å². The minimum atomic E-state index is -1.45. The molecule has 0 saturated carbocycles. The molecule has 2 atom stereocenters. The molecule has 0 fully saturated rings. The Morgan fingerprint density at radius 3 is 2.00 bits per heavy atom. The van der Waals surface area contributed by atoms with E-state index in [0.29, 0.717) is 5.56 Å². The number of aromatic carboxylic acids is 1. The summed E-state index contributed by atoms with van der Waals surface area (Å²) in [7, 11) is 0. The van der Waals surface area contributed by atoms with Gasteiger partial charge in [0, 0.05) is 12.0 Å². The van der Waals surface area contributed by atoms with E-state index in [1.165, 1.54) is 6.07 Å². The summed E-state index contributed by atoms with van der Waals surface area (Å²) in [6.07, 6.45) is -0.775. The molecule has 0 bridgehead atoms. The van der Waals surface area contributed by atoms with Crippen molar-refractivity contribution in [3.8, 4) is 0 Å². The van der Waals surface area contributed by atoms with Gasteiger partial charge in [0.25, 0.3) is 5.69 Å². The zero-order valence-electron chi connectivity index (χ0n) is 16.1. The van der Waals surface area contributed by atoms with Crippen LogP contribution in [0.3, 0.4) is 0 Å². The van der Waals surface area contributed by atoms with E-state index in [4.69, 9.17) is 4.74 Å². The number of nitro groups is 1. The van der Waals surface area contributed by atoms with Gasteiger partial charge in [-0.15, -0.1) is 0 Å². The molecule has 30 heavy (non-hydrogen) atoms. The lowest BCUT2D eigenvalue weighted by Crippen LogP contribution is -2.20. The Morgan fingerprint density at radius 1 is 0.900 bits per heavy atom. The third-order valence-electron chi connectivity index (χ3n) is 4.82. The predicted molar refractivity (Wildman–Crippen MR) is 110 cm³/mol. The molecule has 1 N–H and O–H groups in total. The molecule has 0 aliphatic rings. The normalized spacial score (nSPS) is 12.6. The largest absolute Gasteiger partial charge is 0.478 e. The molecule has 3 rings (SSSR count). The average Bonchev–Trinajstić information content (AvgIpc) is 2.77. The summed E-state index contributed by atoms with van der Waals surface area (Å²) in [5.74, 6) is -2.79. The predicted octanol–water partition coefficient (Wildman–Crippen LogP) is 4.99. The highest BCUT2D eigenvalue weighted by Gasteiger charge is 2.32. The van der Waals surface area contributed by atoms with Crippen molar-refractivity contribution in [1.29, 1.82) is 0 Å². The number of carbonyl (C=O) groups excluding carboxylic acids is 1. The van der Waals surface area contributed by atoms with Crippen LogP contribution in [0.2, 0.25) is 0 Å². The molecule has 0 heterocycles. The van der Waals surface area contributed by atoms with Gasteiger partial charge in [-0.25, -0.2) is 9.59 Å². The fraction of sp³-hybridized carbons (Fsp3) is 0.130. The summed E-state index contributed by atoms with van der Waals surface area (Å²) in [5, 5.41) is 20.8. The van der Waals surface area contributed by atoms with Crippen molar-refractivity contribution in [1.82, 2.24) is 0 Å². The van der Waals surface area contributed by atoms with E-state index < -0.39 is 39.8 Å². The number of nitrogens with zero attached hydrogens (tertiary/aromatic N) is 1. The molecule has 0 amide bonds. The highest BCUT2D eigenvalue weighted by atomic mass is 16.6. The molecule has 0 saturated heterocycles. The van der Waals surface area contributed by atoms with Gasteiger partial charge in [-0.3, -0.25) is 10.1 Å². The lowest BCUT2D eigenvalue weighted by molar-refractivity contribution is -0.385. The maximum absolute atomic E-state index is 13.0. The summed E-state index contributed by atoms with van der Waals surface area (Å²) in [6, 6.07) is 21.8. The molecule has 0 spiro atoms. The van der Waals surface area contributed by atoms with Crippen molar-refractivity contribution < 1.29 is 24.4 Å². The molecule has 3 aromatic rings. The molecule has 7 nitrogen and oxygen atoms in total. The first-order valence-corrected chi connectivity index (χ1v) is 9.21. The van der Waals surface area contributed by atoms with Gasteiger partial charge in [-0.05, 0) is 17.2 Å². The second kappa shape index (κ2) is 9.00. The van der Waals surface area contributed by atoms with E-state index in [-0.39, 0.29) is 5.92 Å². The maximum Gasteiger partial charge on any atom is 0.346 e. The number of carboxylic acid groups (broad SMARTS) is 1. The van der Waals surface area contributed by atoms with Crippen LogP contribution >= 0.6 is 0 Å². The van der Waals surface area contributed by atoms with Crippen LogP contribution in [0.5, 0.6) is 0 Å². The Hall–Kier alpha value is -4.00. The van der Waals surface area contributed by atoms with Gasteiger partial charge in [0.05, 0.1) is 10.5 Å². The van der Waals surface area contributed by atoms with Gasteiger partial charge in [0.15, 0.2) is 5.56 Å². The fourth-order valence-corrected chi connectivity index (χ4v) is 3.29. The van der Waals surface area contributed by atoms with Crippen LogP contribution in [0.15, 0.2) is 78.9 Å². The smallest absolute Gasteiger partial charge is 0.346 e. The zero-order valence-corrected chi connectivity index (χ0v) is 16.1. The number of ether oxygens (including phenoxy) is 1. The summed E-state index contributed by atoms with van der Waals surface area (Å²) >= 11 is 0. The standard InChI is InChI=1S/C23H19NO6/c1-15(16-9-4-2-5-10-16)21(17-11-6-3-7-12-17)30-23(27)20-18(22(25)26)13-8-14-19(20)24(28)29/h2-15,21H,1H3,(H,25,26)/t15-,21-/m0/s1. The molecule has 3 aromatic carbocycles. The second-order valence-corrected chi connectivity index (χ2v) is 6.70. The van der Waals surface area contributed by atoms with E-state index in [1.54, 1.807) is 24.3 Å². The minimum Gasteiger partial charge on any atom is -0.478 e. The summed E-state index contributed by atoms with van der Waals surface area (Å²) < 4.78 is 5.71. The fourth-order valence-electron chi connectivity index (χ4n) is 3.29. The van der Waals surface area contributed by atoms with Crippen molar-refractivity contribution in [2.24, 2.45) is 0 Å². The zero-order chi connectivity index (χ0) is 21.7. The lowest BCUT2D eigenvalue weighted by Gasteiger charge is -2.25. The van der Waals surface area contributed by atoms with Gasteiger partial charge in [-0.1, -0.05) is 73.7 Å². The first-order chi connectivity index (χ1) is 14.4. The van der Waals surface area contributed by atoms with E-state index in [2.05, 4.69) is 0 Å². The Labute approximate surface area is 172 Å². The van der Waals surface area contributed by atoms with Crippen molar-refractivity contribution in [2.45, 2.75) is 18.9 Å². The first kappa shape index (κ1) is 20.7. The SMILES string of the molecule is C[C@@H](c1ccccc1)[C@H](OC(=O)c1c(C(=O)O)cccc1[N+](=O)[O-])c1ccccc1. The summed E-state index contributed by atoms with van der Waals surface area (Å²) in [5.41, 5.74) is -0.0681. The van der Waals surface area contributed by atoms with Crippen LogP contribution in [-0.2, 0) is 4.74 Å². The maximum atomic E-state index is 13.0. The highest BCUT2D eigenvalue weighted by molar-refractivity contribution is 6.05. The van der Waals surface area contributed by atoms with Gasteiger partial charge >= 0.3 is 11.9 Å². The number of hydrogen-bond donors (Lipinski definition) is 1. The second-order valence-electron chi connectivity index (χ2n) is 6.70. The van der Waals surface area contributed by atoms with Crippen LogP contribution in [0.25, 0.3) is 0 Å². The Kier molecular flexibility index (Phi) is 6.22. The van der Waals surface area contributed by atoms with Crippen molar-refractivity contribution in [3.63, 3.8) is 0 Å². The highest BCUT2D eigenvalue weighted by Crippen LogP contribution is 2.35. The molecule has 152 valence electrons. The summed E-state index contributed by atoms with van der Waals surface area (Å²) in [4.78, 5) is 35.2. The Bertz CT molecular complexity index is 1030. The van der Waals surface area contributed by atoms with Gasteiger partial charge in [0.1, 0.15) is 6.10 Å². The van der Waals surface area contributed by atoms with Crippen molar-refractivity contribution >= 4 is 17.6 Å². The summed E-state index contributed by atoms with van der Waals surface area (Å²) in [6.45, 7) is 1.87. The van der Waals surface area contributed by atoms with E-state index >= 15 is 0 Å². The molecule has 0 unspecified atom stereocenters. The third-order valence-corrected chi connectivity index (χ3v) is 4.82.